The molecule has 0 saturated heterocycles. The molecule has 0 amide bonds. The smallest absolute Gasteiger partial charge is 0.328 e. The minimum Gasteiger partial charge on any atom is -0.486 e. The molecule has 1 aromatic carbocycles. The second kappa shape index (κ2) is 6.83. The Balaban J connectivity index is 2.09. The number of nitrogens with zero attached hydrogens (tertiary/aromatic N) is 4. The van der Waals surface area contributed by atoms with E-state index >= 15 is 0 Å². The molecule has 0 aliphatic carbocycles. The zero-order chi connectivity index (χ0) is 15.2. The number of aromatic nitrogens is 4. The van der Waals surface area contributed by atoms with Crippen molar-refractivity contribution in [3.05, 3.63) is 35.7 Å². The van der Waals surface area contributed by atoms with Crippen molar-refractivity contribution in [2.75, 3.05) is 0 Å². The zero-order valence-electron chi connectivity index (χ0n) is 12.1. The predicted octanol–water partition coefficient (Wildman–Crippen LogP) is 1.99. The molecule has 1 unspecified atom stereocenters. The molecule has 0 aliphatic heterocycles. The van der Waals surface area contributed by atoms with Crippen LogP contribution in [0.15, 0.2) is 24.3 Å². The van der Waals surface area contributed by atoms with Gasteiger partial charge in [0.15, 0.2) is 11.9 Å². The molecule has 1 aromatic heterocycles. The van der Waals surface area contributed by atoms with E-state index in [4.69, 9.17) is 4.74 Å². The van der Waals surface area contributed by atoms with Gasteiger partial charge in [-0.2, -0.15) is 0 Å². The van der Waals surface area contributed by atoms with Crippen molar-refractivity contribution in [2.24, 2.45) is 0 Å². The number of carboxylic acids is 1. The summed E-state index contributed by atoms with van der Waals surface area (Å²) in [5.74, 6) is 0.148. The molecular weight excluding hydrogens is 272 g/mol. The fourth-order valence-corrected chi connectivity index (χ4v) is 1.96. The number of aryl methyl sites for hydroxylation is 1. The lowest BCUT2D eigenvalue weighted by Crippen LogP contribution is -2.23. The maximum absolute atomic E-state index is 11.3. The van der Waals surface area contributed by atoms with Gasteiger partial charge in [-0.3, -0.25) is 0 Å². The van der Waals surface area contributed by atoms with Gasteiger partial charge >= 0.3 is 5.97 Å². The summed E-state index contributed by atoms with van der Waals surface area (Å²) >= 11 is 0. The summed E-state index contributed by atoms with van der Waals surface area (Å²) in [6.45, 7) is 4.04. The maximum atomic E-state index is 11.3. The third-order valence-electron chi connectivity index (χ3n) is 3.09. The van der Waals surface area contributed by atoms with Crippen LogP contribution in [0, 0.1) is 6.92 Å². The molecule has 21 heavy (non-hydrogen) atoms. The molecule has 7 heteroatoms. The lowest BCUT2D eigenvalue weighted by molar-refractivity contribution is -0.141. The standard InChI is InChI=1S/C14H18N4O3/c1-3-4-12(14(19)20)18-13(15-16-17-18)9-21-11-7-5-10(2)6-8-11/h5-8,12H,3-4,9H2,1-2H3,(H,19,20). The third-order valence-corrected chi connectivity index (χ3v) is 3.09. The van der Waals surface area contributed by atoms with Crippen molar-refractivity contribution < 1.29 is 14.6 Å². The molecule has 0 fully saturated rings. The van der Waals surface area contributed by atoms with Gasteiger partial charge in [-0.15, -0.1) is 5.10 Å². The number of aliphatic carboxylic acids is 1. The highest BCUT2D eigenvalue weighted by Gasteiger charge is 2.23. The minimum atomic E-state index is -0.944. The molecule has 2 rings (SSSR count). The van der Waals surface area contributed by atoms with Crippen molar-refractivity contribution >= 4 is 5.97 Å². The number of carbonyl (C=O) groups is 1. The quantitative estimate of drug-likeness (QED) is 0.838. The second-order valence-electron chi connectivity index (χ2n) is 4.78. The van der Waals surface area contributed by atoms with Gasteiger partial charge in [-0.05, 0) is 35.9 Å². The van der Waals surface area contributed by atoms with E-state index in [-0.39, 0.29) is 6.61 Å². The van der Waals surface area contributed by atoms with Crippen LogP contribution < -0.4 is 4.74 Å². The monoisotopic (exact) mass is 290 g/mol. The third kappa shape index (κ3) is 3.77. The molecule has 0 radical (unpaired) electrons. The number of hydrogen-bond donors (Lipinski definition) is 1. The van der Waals surface area contributed by atoms with Crippen molar-refractivity contribution in [1.29, 1.82) is 0 Å². The van der Waals surface area contributed by atoms with E-state index in [9.17, 15) is 9.90 Å². The SMILES string of the molecule is CCCC(C(=O)O)n1nnnc1COc1ccc(C)cc1. The molecule has 0 spiro atoms. The van der Waals surface area contributed by atoms with Gasteiger partial charge in [0.25, 0.3) is 0 Å². The lowest BCUT2D eigenvalue weighted by Gasteiger charge is -2.13. The molecule has 1 atom stereocenters. The summed E-state index contributed by atoms with van der Waals surface area (Å²) in [5, 5.41) is 20.4. The van der Waals surface area contributed by atoms with E-state index in [1.165, 1.54) is 4.68 Å². The molecule has 2 aromatic rings. The Bertz CT molecular complexity index is 595. The van der Waals surface area contributed by atoms with Gasteiger partial charge in [0, 0.05) is 0 Å². The summed E-state index contributed by atoms with van der Waals surface area (Å²) in [6, 6.07) is 6.82. The Morgan fingerprint density at radius 1 is 1.38 bits per heavy atom. The summed E-state index contributed by atoms with van der Waals surface area (Å²) in [7, 11) is 0. The van der Waals surface area contributed by atoms with Gasteiger partial charge in [0.2, 0.25) is 0 Å². The first-order valence-corrected chi connectivity index (χ1v) is 6.80. The summed E-state index contributed by atoms with van der Waals surface area (Å²) in [4.78, 5) is 11.3. The van der Waals surface area contributed by atoms with Crippen LogP contribution in [-0.2, 0) is 11.4 Å². The van der Waals surface area contributed by atoms with Crippen LogP contribution in [-0.4, -0.2) is 31.3 Å². The first-order valence-electron chi connectivity index (χ1n) is 6.80. The number of hydrogen-bond acceptors (Lipinski definition) is 5. The number of benzene rings is 1. The van der Waals surface area contributed by atoms with Crippen LogP contribution >= 0.6 is 0 Å². The molecule has 0 saturated carbocycles. The maximum Gasteiger partial charge on any atom is 0.328 e. The van der Waals surface area contributed by atoms with Crippen molar-refractivity contribution in [1.82, 2.24) is 20.2 Å². The van der Waals surface area contributed by atoms with E-state index < -0.39 is 12.0 Å². The molecule has 7 nitrogen and oxygen atoms in total. The minimum absolute atomic E-state index is 0.129. The topological polar surface area (TPSA) is 90.1 Å². The second-order valence-corrected chi connectivity index (χ2v) is 4.78. The van der Waals surface area contributed by atoms with Gasteiger partial charge in [0.1, 0.15) is 12.4 Å². The number of rotatable bonds is 7. The first-order chi connectivity index (χ1) is 10.1. The highest BCUT2D eigenvalue weighted by atomic mass is 16.5. The van der Waals surface area contributed by atoms with Crippen LogP contribution in [0.4, 0.5) is 0 Å². The molecular formula is C14H18N4O3. The van der Waals surface area contributed by atoms with Gasteiger partial charge < -0.3 is 9.84 Å². The molecule has 112 valence electrons. The lowest BCUT2D eigenvalue weighted by atomic mass is 10.2. The van der Waals surface area contributed by atoms with Crippen molar-refractivity contribution in [3.63, 3.8) is 0 Å². The van der Waals surface area contributed by atoms with Crippen LogP contribution in [0.5, 0.6) is 5.75 Å². The zero-order valence-corrected chi connectivity index (χ0v) is 12.1. The Hall–Kier alpha value is -2.44. The predicted molar refractivity (Wildman–Crippen MR) is 74.9 cm³/mol. The van der Waals surface area contributed by atoms with Gasteiger partial charge in [0.05, 0.1) is 0 Å². The highest BCUT2D eigenvalue weighted by Crippen LogP contribution is 2.17. The van der Waals surface area contributed by atoms with Crippen molar-refractivity contribution in [3.8, 4) is 5.75 Å². The number of tetrazole rings is 1. The average molecular weight is 290 g/mol. The fourth-order valence-electron chi connectivity index (χ4n) is 1.96. The van der Waals surface area contributed by atoms with Crippen LogP contribution in [0.2, 0.25) is 0 Å². The van der Waals surface area contributed by atoms with Gasteiger partial charge in [-0.25, -0.2) is 9.48 Å². The van der Waals surface area contributed by atoms with E-state index in [1.54, 1.807) is 0 Å². The molecule has 0 bridgehead atoms. The Kier molecular flexibility index (Phi) is 4.86. The van der Waals surface area contributed by atoms with E-state index in [2.05, 4.69) is 15.5 Å². The number of ether oxygens (including phenoxy) is 1. The highest BCUT2D eigenvalue weighted by molar-refractivity contribution is 5.71. The van der Waals surface area contributed by atoms with Gasteiger partial charge in [-0.1, -0.05) is 31.0 Å². The average Bonchev–Trinajstić information content (AvgIpc) is 2.92. The Morgan fingerprint density at radius 3 is 2.71 bits per heavy atom. The molecule has 0 aliphatic rings. The van der Waals surface area contributed by atoms with E-state index in [0.717, 1.165) is 12.0 Å². The molecule has 1 heterocycles. The summed E-state index contributed by atoms with van der Waals surface area (Å²) in [5.41, 5.74) is 1.14. The van der Waals surface area contributed by atoms with Crippen LogP contribution in [0.1, 0.15) is 37.2 Å². The fraction of sp³-hybridized carbons (Fsp3) is 0.429. The van der Waals surface area contributed by atoms with E-state index in [0.29, 0.717) is 18.0 Å². The van der Waals surface area contributed by atoms with Crippen LogP contribution in [0.25, 0.3) is 0 Å². The summed E-state index contributed by atoms with van der Waals surface area (Å²) < 4.78 is 6.92. The largest absolute Gasteiger partial charge is 0.486 e. The summed E-state index contributed by atoms with van der Waals surface area (Å²) in [6.07, 6.45) is 1.20. The van der Waals surface area contributed by atoms with E-state index in [1.807, 2.05) is 38.1 Å². The molecule has 1 N–H and O–H groups in total. The van der Waals surface area contributed by atoms with Crippen LogP contribution in [0.3, 0.4) is 0 Å². The Labute approximate surface area is 122 Å². The number of carboxylic acid groups (broad SMARTS) is 1. The normalized spacial score (nSPS) is 12.1. The van der Waals surface area contributed by atoms with Crippen molar-refractivity contribution in [2.45, 2.75) is 39.3 Å². The Morgan fingerprint density at radius 2 is 2.10 bits per heavy atom. The first kappa shape index (κ1) is 15.0.